The number of hydrogen-bond acceptors (Lipinski definition) is 3. The molecule has 0 atom stereocenters. The molecule has 3 rings (SSSR count). The van der Waals surface area contributed by atoms with E-state index >= 15 is 0 Å². The number of amides is 2. The zero-order valence-corrected chi connectivity index (χ0v) is 12.8. The Morgan fingerprint density at radius 3 is 2.32 bits per heavy atom. The van der Waals surface area contributed by atoms with Crippen LogP contribution in [0.2, 0.25) is 0 Å². The Bertz CT molecular complexity index is 529. The minimum atomic E-state index is 0.0834. The second-order valence-corrected chi connectivity index (χ2v) is 6.09. The number of piperidine rings is 1. The summed E-state index contributed by atoms with van der Waals surface area (Å²) in [5.41, 5.74) is 1.46. The van der Waals surface area contributed by atoms with Crippen molar-refractivity contribution in [3.63, 3.8) is 0 Å². The normalized spacial score (nSPS) is 19.2. The molecule has 2 fully saturated rings. The Labute approximate surface area is 131 Å². The second-order valence-electron chi connectivity index (χ2n) is 6.09. The summed E-state index contributed by atoms with van der Waals surface area (Å²) >= 11 is 0. The summed E-state index contributed by atoms with van der Waals surface area (Å²) < 4.78 is 0. The third-order valence-electron chi connectivity index (χ3n) is 4.50. The molecule has 0 aliphatic carbocycles. The van der Waals surface area contributed by atoms with Crippen molar-refractivity contribution in [1.29, 1.82) is 0 Å². The van der Waals surface area contributed by atoms with Crippen LogP contribution in [0, 0.1) is 5.92 Å². The van der Waals surface area contributed by atoms with E-state index in [2.05, 4.69) is 10.6 Å². The summed E-state index contributed by atoms with van der Waals surface area (Å²) in [6, 6.07) is 7.25. The van der Waals surface area contributed by atoms with E-state index in [1.807, 2.05) is 17.0 Å². The highest BCUT2D eigenvalue weighted by atomic mass is 16.2. The number of nitrogens with one attached hydrogen (secondary N) is 2. The Morgan fingerprint density at radius 1 is 1.05 bits per heavy atom. The Morgan fingerprint density at radius 2 is 1.68 bits per heavy atom. The summed E-state index contributed by atoms with van der Waals surface area (Å²) in [4.78, 5) is 26.3. The number of carbonyl (C=O) groups is 2. The van der Waals surface area contributed by atoms with Gasteiger partial charge in [0.25, 0.3) is 5.91 Å². The SMILES string of the molecule is O=C(Nc1ccc(C(=O)N2CCCC2)cc1)C1CCNCC1. The van der Waals surface area contributed by atoms with Crippen molar-refractivity contribution < 1.29 is 9.59 Å². The number of carbonyl (C=O) groups excluding carboxylic acids is 2. The molecule has 2 heterocycles. The highest BCUT2D eigenvalue weighted by molar-refractivity contribution is 5.96. The molecule has 0 unspecified atom stereocenters. The molecule has 0 spiro atoms. The van der Waals surface area contributed by atoms with Crippen LogP contribution in [-0.4, -0.2) is 42.9 Å². The first kappa shape index (κ1) is 15.0. The van der Waals surface area contributed by atoms with Gasteiger partial charge in [-0.25, -0.2) is 0 Å². The lowest BCUT2D eigenvalue weighted by Crippen LogP contribution is -2.34. The number of nitrogens with zero attached hydrogens (tertiary/aromatic N) is 1. The smallest absolute Gasteiger partial charge is 0.253 e. The van der Waals surface area contributed by atoms with Gasteiger partial charge in [-0.1, -0.05) is 0 Å². The third-order valence-corrected chi connectivity index (χ3v) is 4.50. The molecule has 0 aromatic heterocycles. The van der Waals surface area contributed by atoms with Gasteiger partial charge in [0.1, 0.15) is 0 Å². The molecule has 2 aliphatic rings. The molecule has 2 N–H and O–H groups in total. The van der Waals surface area contributed by atoms with Crippen LogP contribution < -0.4 is 10.6 Å². The number of hydrogen-bond donors (Lipinski definition) is 2. The monoisotopic (exact) mass is 301 g/mol. The standard InChI is InChI=1S/C17H23N3O2/c21-16(13-7-9-18-10-8-13)19-15-5-3-14(4-6-15)17(22)20-11-1-2-12-20/h3-6,13,18H,1-2,7-12H2,(H,19,21). The fourth-order valence-corrected chi connectivity index (χ4v) is 3.13. The number of likely N-dealkylation sites (tertiary alicyclic amines) is 1. The van der Waals surface area contributed by atoms with Gasteiger partial charge in [0.05, 0.1) is 0 Å². The maximum Gasteiger partial charge on any atom is 0.253 e. The van der Waals surface area contributed by atoms with Gasteiger partial charge in [-0.15, -0.1) is 0 Å². The van der Waals surface area contributed by atoms with Crippen molar-refractivity contribution in [1.82, 2.24) is 10.2 Å². The van der Waals surface area contributed by atoms with E-state index in [-0.39, 0.29) is 17.7 Å². The molecule has 0 saturated carbocycles. The van der Waals surface area contributed by atoms with Gasteiger partial charge in [-0.05, 0) is 63.0 Å². The second kappa shape index (κ2) is 6.92. The van der Waals surface area contributed by atoms with Crippen molar-refractivity contribution in [2.45, 2.75) is 25.7 Å². The zero-order chi connectivity index (χ0) is 15.4. The lowest BCUT2D eigenvalue weighted by Gasteiger charge is -2.21. The van der Waals surface area contributed by atoms with Crippen molar-refractivity contribution in [3.8, 4) is 0 Å². The van der Waals surface area contributed by atoms with E-state index in [9.17, 15) is 9.59 Å². The number of benzene rings is 1. The first-order chi connectivity index (χ1) is 10.7. The maximum atomic E-state index is 12.3. The van der Waals surface area contributed by atoms with Gasteiger partial charge in [0.2, 0.25) is 5.91 Å². The third kappa shape index (κ3) is 3.47. The predicted molar refractivity (Wildman–Crippen MR) is 85.8 cm³/mol. The van der Waals surface area contributed by atoms with E-state index in [0.29, 0.717) is 5.56 Å². The molecule has 2 aliphatic heterocycles. The van der Waals surface area contributed by atoms with E-state index in [4.69, 9.17) is 0 Å². The Kier molecular flexibility index (Phi) is 4.73. The summed E-state index contributed by atoms with van der Waals surface area (Å²) in [7, 11) is 0. The molecule has 0 radical (unpaired) electrons. The van der Waals surface area contributed by atoms with Crippen LogP contribution in [-0.2, 0) is 4.79 Å². The average molecular weight is 301 g/mol. The Balaban J connectivity index is 1.58. The van der Waals surface area contributed by atoms with Gasteiger partial charge in [-0.2, -0.15) is 0 Å². The van der Waals surface area contributed by atoms with Crippen molar-refractivity contribution in [3.05, 3.63) is 29.8 Å². The van der Waals surface area contributed by atoms with Crippen LogP contribution in [0.15, 0.2) is 24.3 Å². The van der Waals surface area contributed by atoms with Crippen molar-refractivity contribution in [2.24, 2.45) is 5.92 Å². The summed E-state index contributed by atoms with van der Waals surface area (Å²) in [6.07, 6.45) is 3.96. The van der Waals surface area contributed by atoms with Gasteiger partial charge in [0.15, 0.2) is 0 Å². The molecular formula is C17H23N3O2. The molecule has 5 nitrogen and oxygen atoms in total. The summed E-state index contributed by atoms with van der Waals surface area (Å²) in [6.45, 7) is 3.52. The van der Waals surface area contributed by atoms with E-state index in [0.717, 1.165) is 57.5 Å². The highest BCUT2D eigenvalue weighted by Gasteiger charge is 2.21. The molecule has 118 valence electrons. The van der Waals surface area contributed by atoms with Crippen LogP contribution in [0.25, 0.3) is 0 Å². The highest BCUT2D eigenvalue weighted by Crippen LogP contribution is 2.18. The van der Waals surface area contributed by atoms with Gasteiger partial charge in [0, 0.05) is 30.3 Å². The minimum Gasteiger partial charge on any atom is -0.339 e. The van der Waals surface area contributed by atoms with Crippen molar-refractivity contribution >= 4 is 17.5 Å². The summed E-state index contributed by atoms with van der Waals surface area (Å²) in [5, 5.41) is 6.21. The molecule has 2 amide bonds. The lowest BCUT2D eigenvalue weighted by molar-refractivity contribution is -0.120. The molecule has 0 bridgehead atoms. The fourth-order valence-electron chi connectivity index (χ4n) is 3.13. The number of rotatable bonds is 3. The molecule has 5 heteroatoms. The Hall–Kier alpha value is -1.88. The largest absolute Gasteiger partial charge is 0.339 e. The molecular weight excluding hydrogens is 278 g/mol. The maximum absolute atomic E-state index is 12.3. The molecule has 1 aromatic carbocycles. The van der Waals surface area contributed by atoms with Crippen LogP contribution in [0.5, 0.6) is 0 Å². The average Bonchev–Trinajstić information content (AvgIpc) is 3.10. The zero-order valence-electron chi connectivity index (χ0n) is 12.8. The van der Waals surface area contributed by atoms with Crippen LogP contribution in [0.3, 0.4) is 0 Å². The lowest BCUT2D eigenvalue weighted by atomic mass is 9.97. The molecule has 2 saturated heterocycles. The molecule has 22 heavy (non-hydrogen) atoms. The van der Waals surface area contributed by atoms with Gasteiger partial charge < -0.3 is 15.5 Å². The molecule has 1 aromatic rings. The van der Waals surface area contributed by atoms with Gasteiger partial charge >= 0.3 is 0 Å². The van der Waals surface area contributed by atoms with Crippen LogP contribution in [0.4, 0.5) is 5.69 Å². The van der Waals surface area contributed by atoms with Crippen LogP contribution in [0.1, 0.15) is 36.0 Å². The van der Waals surface area contributed by atoms with E-state index in [1.165, 1.54) is 0 Å². The van der Waals surface area contributed by atoms with Crippen molar-refractivity contribution in [2.75, 3.05) is 31.5 Å². The summed E-state index contributed by atoms with van der Waals surface area (Å²) in [5.74, 6) is 0.265. The predicted octanol–water partition coefficient (Wildman–Crippen LogP) is 1.86. The van der Waals surface area contributed by atoms with Crippen LogP contribution >= 0.6 is 0 Å². The quantitative estimate of drug-likeness (QED) is 0.896. The first-order valence-electron chi connectivity index (χ1n) is 8.15. The minimum absolute atomic E-state index is 0.0834. The van der Waals surface area contributed by atoms with Gasteiger partial charge in [-0.3, -0.25) is 9.59 Å². The van der Waals surface area contributed by atoms with E-state index in [1.54, 1.807) is 12.1 Å². The van der Waals surface area contributed by atoms with E-state index < -0.39 is 0 Å². The first-order valence-corrected chi connectivity index (χ1v) is 8.15. The fraction of sp³-hybridized carbons (Fsp3) is 0.529. The topological polar surface area (TPSA) is 61.4 Å². The number of anilines is 1.